The largest absolute Gasteiger partial charge is 0.481 e. The first-order valence-corrected chi connectivity index (χ1v) is 18.2. The second-order valence-corrected chi connectivity index (χ2v) is 17.0. The highest BCUT2D eigenvalue weighted by atomic mass is 16.4. The molecule has 0 bridgehead atoms. The van der Waals surface area contributed by atoms with Crippen molar-refractivity contribution in [3.05, 3.63) is 23.3 Å². The summed E-state index contributed by atoms with van der Waals surface area (Å²) < 4.78 is 0. The third-order valence-corrected chi connectivity index (χ3v) is 15.7. The van der Waals surface area contributed by atoms with Crippen LogP contribution in [0.4, 0.5) is 0 Å². The lowest BCUT2D eigenvalue weighted by Crippen LogP contribution is -2.67. The standard InChI is InChI=1S/C38H58N2O3/c1-25-28(26-9-11-27(12-10-26)34(42)43)15-18-35(2)29(25)16-19-37(4)32(35)14-13-30-31-7-5-17-38(31,21-20-36(30,37)3)39-22-24-40-23-6-8-33(40)41/h9,15,25,27,29-32,39H,5-8,10-14,16-24H2,1-4H3,(H,42,43)/t25?,27?,29?,30?,31-,32?,35?,36-,37?,38+/m1/s1. The van der Waals surface area contributed by atoms with E-state index in [1.54, 1.807) is 5.57 Å². The first-order valence-electron chi connectivity index (χ1n) is 18.2. The number of allylic oxidation sites excluding steroid dienone is 4. The average Bonchev–Trinajstić information content (AvgIpc) is 3.60. The second-order valence-electron chi connectivity index (χ2n) is 17.0. The third-order valence-electron chi connectivity index (χ3n) is 15.7. The highest BCUT2D eigenvalue weighted by Gasteiger charge is 2.68. The molecule has 7 rings (SSSR count). The molecule has 7 aliphatic rings. The molecule has 4 saturated carbocycles. The van der Waals surface area contributed by atoms with Crippen LogP contribution in [0, 0.1) is 51.8 Å². The molecule has 238 valence electrons. The maximum atomic E-state index is 12.2. The number of fused-ring (bicyclic) bond motifs is 7. The van der Waals surface area contributed by atoms with Crippen molar-refractivity contribution in [2.24, 2.45) is 51.8 Å². The molecule has 10 atom stereocenters. The monoisotopic (exact) mass is 590 g/mol. The van der Waals surface area contributed by atoms with Crippen LogP contribution in [0.15, 0.2) is 23.3 Å². The van der Waals surface area contributed by atoms with E-state index in [1.807, 2.05) is 0 Å². The zero-order valence-corrected chi connectivity index (χ0v) is 27.6. The van der Waals surface area contributed by atoms with Gasteiger partial charge in [-0.2, -0.15) is 0 Å². The van der Waals surface area contributed by atoms with E-state index in [-0.39, 0.29) is 5.92 Å². The molecule has 6 aliphatic carbocycles. The average molecular weight is 591 g/mol. The lowest BCUT2D eigenvalue weighted by molar-refractivity contribution is -0.212. The predicted octanol–water partition coefficient (Wildman–Crippen LogP) is 7.76. The maximum absolute atomic E-state index is 12.2. The second kappa shape index (κ2) is 10.7. The van der Waals surface area contributed by atoms with Gasteiger partial charge in [-0.05, 0) is 140 Å². The van der Waals surface area contributed by atoms with Gasteiger partial charge in [0.2, 0.25) is 5.91 Å². The van der Waals surface area contributed by atoms with Crippen LogP contribution in [0.1, 0.15) is 124 Å². The van der Waals surface area contributed by atoms with E-state index in [1.165, 1.54) is 69.8 Å². The Hall–Kier alpha value is -1.62. The minimum Gasteiger partial charge on any atom is -0.481 e. The molecule has 0 aromatic heterocycles. The fourth-order valence-corrected chi connectivity index (χ4v) is 13.2. The van der Waals surface area contributed by atoms with Crippen molar-refractivity contribution >= 4 is 11.9 Å². The molecule has 1 heterocycles. The summed E-state index contributed by atoms with van der Waals surface area (Å²) in [5, 5.41) is 13.6. The Morgan fingerprint density at radius 3 is 2.49 bits per heavy atom. The smallest absolute Gasteiger partial charge is 0.306 e. The summed E-state index contributed by atoms with van der Waals surface area (Å²) in [7, 11) is 0. The summed E-state index contributed by atoms with van der Waals surface area (Å²) >= 11 is 0. The molecule has 43 heavy (non-hydrogen) atoms. The van der Waals surface area contributed by atoms with Crippen molar-refractivity contribution in [1.82, 2.24) is 10.2 Å². The van der Waals surface area contributed by atoms with E-state index < -0.39 is 5.97 Å². The molecule has 5 fully saturated rings. The van der Waals surface area contributed by atoms with Crippen molar-refractivity contribution < 1.29 is 14.7 Å². The van der Waals surface area contributed by atoms with Gasteiger partial charge in [-0.25, -0.2) is 0 Å². The number of hydrogen-bond donors (Lipinski definition) is 2. The van der Waals surface area contributed by atoms with Crippen LogP contribution in [0.25, 0.3) is 0 Å². The number of nitrogens with zero attached hydrogens (tertiary/aromatic N) is 1. The van der Waals surface area contributed by atoms with E-state index in [0.29, 0.717) is 40.0 Å². The Balaban J connectivity index is 1.09. The van der Waals surface area contributed by atoms with Crippen LogP contribution < -0.4 is 5.32 Å². The number of hydrogen-bond acceptors (Lipinski definition) is 3. The molecule has 1 amide bonds. The zero-order chi connectivity index (χ0) is 30.2. The fourth-order valence-electron chi connectivity index (χ4n) is 13.2. The van der Waals surface area contributed by atoms with Crippen molar-refractivity contribution in [1.29, 1.82) is 0 Å². The van der Waals surface area contributed by atoms with Crippen molar-refractivity contribution in [2.45, 2.75) is 130 Å². The quantitative estimate of drug-likeness (QED) is 0.332. The molecular formula is C38H58N2O3. The molecule has 1 aliphatic heterocycles. The summed E-state index contributed by atoms with van der Waals surface area (Å²) in [5.41, 5.74) is 4.46. The van der Waals surface area contributed by atoms with Gasteiger partial charge in [0.15, 0.2) is 0 Å². The number of carbonyl (C=O) groups is 2. The Kier molecular flexibility index (Phi) is 7.50. The molecule has 5 heteroatoms. The maximum Gasteiger partial charge on any atom is 0.306 e. The highest BCUT2D eigenvalue weighted by molar-refractivity contribution is 5.78. The molecule has 0 aromatic carbocycles. The van der Waals surface area contributed by atoms with Crippen molar-refractivity contribution in [2.75, 3.05) is 19.6 Å². The Morgan fingerprint density at radius 1 is 0.930 bits per heavy atom. The number of likely N-dealkylation sites (tertiary alicyclic amines) is 1. The number of amides is 1. The van der Waals surface area contributed by atoms with Crippen LogP contribution >= 0.6 is 0 Å². The Morgan fingerprint density at radius 2 is 1.77 bits per heavy atom. The van der Waals surface area contributed by atoms with E-state index in [4.69, 9.17) is 0 Å². The topological polar surface area (TPSA) is 69.6 Å². The minimum atomic E-state index is -0.629. The van der Waals surface area contributed by atoms with Gasteiger partial charge in [0.1, 0.15) is 0 Å². The molecule has 0 spiro atoms. The molecule has 7 unspecified atom stereocenters. The lowest BCUT2D eigenvalue weighted by Gasteiger charge is -2.71. The SMILES string of the molecule is CC1C(C2=CCC(C(=O)O)CC2)=CCC2(C)C1CCC1(C)C2CCC2[C@H]3CCC[C@]3(NCCN3CCCC3=O)CC[C@]21C. The third kappa shape index (κ3) is 4.47. The zero-order valence-electron chi connectivity index (χ0n) is 27.6. The minimum absolute atomic E-state index is 0.196. The van der Waals surface area contributed by atoms with E-state index in [0.717, 1.165) is 69.0 Å². The van der Waals surface area contributed by atoms with Gasteiger partial charge >= 0.3 is 5.97 Å². The van der Waals surface area contributed by atoms with Gasteiger partial charge in [0.05, 0.1) is 5.92 Å². The van der Waals surface area contributed by atoms with Crippen LogP contribution in [-0.4, -0.2) is 47.1 Å². The van der Waals surface area contributed by atoms with E-state index >= 15 is 0 Å². The summed E-state index contributed by atoms with van der Waals surface area (Å²) in [4.78, 5) is 25.9. The first-order chi connectivity index (χ1) is 20.5. The molecular weight excluding hydrogens is 532 g/mol. The number of nitrogens with one attached hydrogen (secondary N) is 1. The van der Waals surface area contributed by atoms with Gasteiger partial charge in [0.25, 0.3) is 0 Å². The number of rotatable bonds is 6. The highest BCUT2D eigenvalue weighted by Crippen LogP contribution is 2.75. The summed E-state index contributed by atoms with van der Waals surface area (Å²) in [6, 6.07) is 0. The number of carboxylic acid groups (broad SMARTS) is 1. The van der Waals surface area contributed by atoms with Crippen molar-refractivity contribution in [3.8, 4) is 0 Å². The van der Waals surface area contributed by atoms with Crippen LogP contribution in [0.3, 0.4) is 0 Å². The number of carbonyl (C=O) groups excluding carboxylic acids is 1. The molecule has 5 nitrogen and oxygen atoms in total. The molecule has 0 aromatic rings. The summed E-state index contributed by atoms with van der Waals surface area (Å²) in [6.45, 7) is 13.5. The summed E-state index contributed by atoms with van der Waals surface area (Å²) in [5.74, 6) is 3.21. The van der Waals surface area contributed by atoms with E-state index in [2.05, 4.69) is 50.1 Å². The number of aliphatic carboxylic acids is 1. The van der Waals surface area contributed by atoms with Crippen LogP contribution in [0.5, 0.6) is 0 Å². The molecule has 0 radical (unpaired) electrons. The van der Waals surface area contributed by atoms with Crippen LogP contribution in [0.2, 0.25) is 0 Å². The Labute approximate surface area is 260 Å². The first kappa shape index (κ1) is 30.1. The molecule has 2 N–H and O–H groups in total. The fraction of sp³-hybridized carbons (Fsp3) is 0.842. The van der Waals surface area contributed by atoms with Crippen molar-refractivity contribution in [3.63, 3.8) is 0 Å². The lowest BCUT2D eigenvalue weighted by atomic mass is 9.34. The van der Waals surface area contributed by atoms with E-state index in [9.17, 15) is 14.7 Å². The summed E-state index contributed by atoms with van der Waals surface area (Å²) in [6.07, 6.45) is 22.5. The molecule has 1 saturated heterocycles. The van der Waals surface area contributed by atoms with Gasteiger partial charge in [-0.1, -0.05) is 46.3 Å². The normalized spacial score (nSPS) is 47.6. The van der Waals surface area contributed by atoms with Gasteiger partial charge in [0, 0.05) is 31.6 Å². The number of carboxylic acids is 1. The predicted molar refractivity (Wildman–Crippen MR) is 171 cm³/mol. The Bertz CT molecular complexity index is 1210. The van der Waals surface area contributed by atoms with Gasteiger partial charge in [-0.3, -0.25) is 9.59 Å². The van der Waals surface area contributed by atoms with Gasteiger partial charge < -0.3 is 15.3 Å². The van der Waals surface area contributed by atoms with Gasteiger partial charge in [-0.15, -0.1) is 0 Å². The van der Waals surface area contributed by atoms with Crippen LogP contribution in [-0.2, 0) is 9.59 Å².